The van der Waals surface area contributed by atoms with E-state index in [1.165, 1.54) is 12.0 Å². The van der Waals surface area contributed by atoms with Gasteiger partial charge in [-0.05, 0) is 68.9 Å². The number of benzene rings is 2. The number of ketones is 1. The number of ether oxygens (including phenoxy) is 3. The van der Waals surface area contributed by atoms with Crippen molar-refractivity contribution in [3.63, 3.8) is 0 Å². The van der Waals surface area contributed by atoms with Crippen molar-refractivity contribution in [2.24, 2.45) is 0 Å². The summed E-state index contributed by atoms with van der Waals surface area (Å²) < 4.78 is 16.6. The molecule has 0 aliphatic carbocycles. The van der Waals surface area contributed by atoms with E-state index < -0.39 is 17.7 Å². The van der Waals surface area contributed by atoms with E-state index in [9.17, 15) is 14.7 Å². The van der Waals surface area contributed by atoms with Crippen molar-refractivity contribution in [2.75, 3.05) is 48.0 Å². The summed E-state index contributed by atoms with van der Waals surface area (Å²) in [4.78, 5) is 29.8. The quantitative estimate of drug-likeness (QED) is 0.216. The average molecular weight is 497 g/mol. The molecule has 8 nitrogen and oxygen atoms in total. The lowest BCUT2D eigenvalue weighted by atomic mass is 9.94. The van der Waals surface area contributed by atoms with Crippen LogP contribution in [-0.4, -0.2) is 74.6 Å². The van der Waals surface area contributed by atoms with Crippen LogP contribution in [-0.2, 0) is 9.59 Å². The molecular weight excluding hydrogens is 460 g/mol. The lowest BCUT2D eigenvalue weighted by Crippen LogP contribution is -2.35. The Kier molecular flexibility index (Phi) is 8.98. The summed E-state index contributed by atoms with van der Waals surface area (Å²) >= 11 is 0. The second-order valence-corrected chi connectivity index (χ2v) is 9.09. The summed E-state index contributed by atoms with van der Waals surface area (Å²) in [5.74, 6) is 0.145. The Labute approximate surface area is 213 Å². The number of aliphatic hydroxyl groups excluding tert-OH is 1. The van der Waals surface area contributed by atoms with E-state index >= 15 is 0 Å². The van der Waals surface area contributed by atoms with Crippen LogP contribution in [0, 0.1) is 6.92 Å². The van der Waals surface area contributed by atoms with Crippen molar-refractivity contribution in [1.82, 2.24) is 9.80 Å². The minimum Gasteiger partial charge on any atom is -0.507 e. The van der Waals surface area contributed by atoms with Gasteiger partial charge in [0.05, 0.1) is 32.4 Å². The molecule has 0 spiro atoms. The van der Waals surface area contributed by atoms with Gasteiger partial charge in [-0.3, -0.25) is 9.59 Å². The van der Waals surface area contributed by atoms with Gasteiger partial charge in [-0.2, -0.15) is 0 Å². The fraction of sp³-hybridized carbons (Fsp3) is 0.429. The van der Waals surface area contributed by atoms with Crippen molar-refractivity contribution in [1.29, 1.82) is 0 Å². The SMILES string of the molecule is CCCCOc1ccc(/C(O)=C2\C(=O)C(=O)N(CCN(C)C)C2c2ccc(OC)c(OC)c2)cc1C. The molecule has 1 unspecified atom stereocenters. The van der Waals surface area contributed by atoms with E-state index in [4.69, 9.17) is 14.2 Å². The van der Waals surface area contributed by atoms with Crippen LogP contribution >= 0.6 is 0 Å². The molecule has 1 aliphatic heterocycles. The van der Waals surface area contributed by atoms with E-state index in [0.717, 1.165) is 24.2 Å². The molecule has 0 aromatic heterocycles. The van der Waals surface area contributed by atoms with Gasteiger partial charge in [0, 0.05) is 18.7 Å². The number of carbonyl (C=O) groups is 2. The number of carbonyl (C=O) groups excluding carboxylic acids is 2. The van der Waals surface area contributed by atoms with Crippen LogP contribution in [0.2, 0.25) is 0 Å². The lowest BCUT2D eigenvalue weighted by molar-refractivity contribution is -0.140. The summed E-state index contributed by atoms with van der Waals surface area (Å²) in [7, 11) is 6.86. The second-order valence-electron chi connectivity index (χ2n) is 9.09. The van der Waals surface area contributed by atoms with Crippen LogP contribution in [0.15, 0.2) is 42.0 Å². The van der Waals surface area contributed by atoms with Crippen LogP contribution in [0.25, 0.3) is 5.76 Å². The van der Waals surface area contributed by atoms with Gasteiger partial charge >= 0.3 is 0 Å². The van der Waals surface area contributed by atoms with Gasteiger partial charge < -0.3 is 29.1 Å². The highest BCUT2D eigenvalue weighted by molar-refractivity contribution is 6.46. The maximum atomic E-state index is 13.3. The van der Waals surface area contributed by atoms with E-state index in [1.54, 1.807) is 43.5 Å². The molecule has 2 aromatic rings. The zero-order chi connectivity index (χ0) is 26.4. The molecule has 1 N–H and O–H groups in total. The Bertz CT molecular complexity index is 1140. The number of aryl methyl sites for hydroxylation is 1. The van der Waals surface area contributed by atoms with Gasteiger partial charge in [0.15, 0.2) is 11.5 Å². The number of Topliss-reactive ketones (excluding diaryl/α,β-unsaturated/α-hetero) is 1. The molecule has 1 saturated heterocycles. The number of methoxy groups -OCH3 is 2. The summed E-state index contributed by atoms with van der Waals surface area (Å²) in [6.07, 6.45) is 1.98. The molecule has 194 valence electrons. The lowest BCUT2D eigenvalue weighted by Gasteiger charge is -2.27. The number of aliphatic hydroxyl groups is 1. The number of hydrogen-bond acceptors (Lipinski definition) is 7. The van der Waals surface area contributed by atoms with Gasteiger partial charge in [0.2, 0.25) is 0 Å². The zero-order valence-electron chi connectivity index (χ0n) is 22.0. The molecule has 3 rings (SSSR count). The molecule has 0 radical (unpaired) electrons. The molecule has 8 heteroatoms. The first-order valence-corrected chi connectivity index (χ1v) is 12.1. The standard InChI is InChI=1S/C28H36N2O6/c1-7-8-15-36-21-11-10-20(16-18(21)2)26(31)24-25(19-9-12-22(34-5)23(17-19)35-6)30(14-13-29(3)4)28(33)27(24)32/h9-12,16-17,25,31H,7-8,13-15H2,1-6H3/b26-24+. The molecule has 1 heterocycles. The van der Waals surface area contributed by atoms with Crippen LogP contribution < -0.4 is 14.2 Å². The largest absolute Gasteiger partial charge is 0.507 e. The van der Waals surface area contributed by atoms with Gasteiger partial charge in [0.25, 0.3) is 11.7 Å². The molecule has 2 aromatic carbocycles. The highest BCUT2D eigenvalue weighted by atomic mass is 16.5. The Morgan fingerprint density at radius 3 is 2.33 bits per heavy atom. The van der Waals surface area contributed by atoms with Crippen molar-refractivity contribution in [2.45, 2.75) is 32.7 Å². The number of rotatable bonds is 11. The number of amides is 1. The van der Waals surface area contributed by atoms with Crippen LogP contribution in [0.4, 0.5) is 0 Å². The van der Waals surface area contributed by atoms with Crippen molar-refractivity contribution >= 4 is 17.4 Å². The third-order valence-corrected chi connectivity index (χ3v) is 6.26. The van der Waals surface area contributed by atoms with E-state index in [1.807, 2.05) is 25.9 Å². The summed E-state index contributed by atoms with van der Waals surface area (Å²) in [6, 6.07) is 9.74. The molecular formula is C28H36N2O6. The van der Waals surface area contributed by atoms with E-state index in [2.05, 4.69) is 6.92 Å². The third-order valence-electron chi connectivity index (χ3n) is 6.26. The van der Waals surface area contributed by atoms with Gasteiger partial charge in [-0.25, -0.2) is 0 Å². The molecule has 0 saturated carbocycles. The normalized spacial score (nSPS) is 17.1. The molecule has 1 amide bonds. The highest BCUT2D eigenvalue weighted by Gasteiger charge is 2.46. The molecule has 36 heavy (non-hydrogen) atoms. The highest BCUT2D eigenvalue weighted by Crippen LogP contribution is 2.42. The maximum absolute atomic E-state index is 13.3. The fourth-order valence-corrected chi connectivity index (χ4v) is 4.23. The van der Waals surface area contributed by atoms with Crippen LogP contribution in [0.3, 0.4) is 0 Å². The topological polar surface area (TPSA) is 88.5 Å². The predicted octanol–water partition coefficient (Wildman–Crippen LogP) is 4.17. The zero-order valence-corrected chi connectivity index (χ0v) is 22.0. The Morgan fingerprint density at radius 1 is 1.03 bits per heavy atom. The fourth-order valence-electron chi connectivity index (χ4n) is 4.23. The van der Waals surface area contributed by atoms with E-state index in [0.29, 0.717) is 42.3 Å². The first kappa shape index (κ1) is 27.1. The second kappa shape index (κ2) is 11.9. The first-order valence-electron chi connectivity index (χ1n) is 12.1. The minimum absolute atomic E-state index is 0.0463. The van der Waals surface area contributed by atoms with Crippen LogP contribution in [0.5, 0.6) is 17.2 Å². The van der Waals surface area contributed by atoms with Gasteiger partial charge in [-0.15, -0.1) is 0 Å². The first-order chi connectivity index (χ1) is 17.2. The smallest absolute Gasteiger partial charge is 0.295 e. The van der Waals surface area contributed by atoms with Crippen molar-refractivity contribution < 1.29 is 28.9 Å². The number of unbranched alkanes of at least 4 members (excludes halogenated alkanes) is 1. The predicted molar refractivity (Wildman–Crippen MR) is 139 cm³/mol. The number of likely N-dealkylation sites (N-methyl/N-ethyl adjacent to an activating group) is 1. The summed E-state index contributed by atoms with van der Waals surface area (Å²) in [5.41, 5.74) is 1.97. The Morgan fingerprint density at radius 2 is 1.72 bits per heavy atom. The van der Waals surface area contributed by atoms with Crippen molar-refractivity contribution in [3.8, 4) is 17.2 Å². The maximum Gasteiger partial charge on any atom is 0.295 e. The Balaban J connectivity index is 2.11. The number of nitrogens with zero attached hydrogens (tertiary/aromatic N) is 2. The van der Waals surface area contributed by atoms with Crippen molar-refractivity contribution in [3.05, 3.63) is 58.7 Å². The van der Waals surface area contributed by atoms with E-state index in [-0.39, 0.29) is 11.3 Å². The number of hydrogen-bond donors (Lipinski definition) is 1. The summed E-state index contributed by atoms with van der Waals surface area (Å²) in [5, 5.41) is 11.4. The molecule has 1 fully saturated rings. The third kappa shape index (κ3) is 5.65. The molecule has 0 bridgehead atoms. The monoisotopic (exact) mass is 496 g/mol. The number of likely N-dealkylation sites (tertiary alicyclic amines) is 1. The van der Waals surface area contributed by atoms with Gasteiger partial charge in [0.1, 0.15) is 11.5 Å². The molecule has 1 atom stereocenters. The average Bonchev–Trinajstić information content (AvgIpc) is 3.12. The van der Waals surface area contributed by atoms with Crippen LogP contribution in [0.1, 0.15) is 42.5 Å². The minimum atomic E-state index is -0.773. The molecule has 1 aliphatic rings. The Hall–Kier alpha value is -3.52. The summed E-state index contributed by atoms with van der Waals surface area (Å²) in [6.45, 7) is 5.47. The van der Waals surface area contributed by atoms with Gasteiger partial charge in [-0.1, -0.05) is 19.4 Å².